The van der Waals surface area contributed by atoms with E-state index in [1.807, 2.05) is 18.2 Å². The second-order valence-electron chi connectivity index (χ2n) is 8.20. The second kappa shape index (κ2) is 9.77. The predicted molar refractivity (Wildman–Crippen MR) is 131 cm³/mol. The second-order valence-corrected chi connectivity index (χ2v) is 9.67. The first-order valence-electron chi connectivity index (χ1n) is 11.1. The molecule has 0 bridgehead atoms. The van der Waals surface area contributed by atoms with Gasteiger partial charge >= 0.3 is 6.09 Å². The van der Waals surface area contributed by atoms with Crippen molar-refractivity contribution in [3.63, 3.8) is 0 Å². The van der Waals surface area contributed by atoms with Gasteiger partial charge in [-0.3, -0.25) is 0 Å². The summed E-state index contributed by atoms with van der Waals surface area (Å²) in [5.74, 6) is 1.53. The van der Waals surface area contributed by atoms with E-state index in [4.69, 9.17) is 36.0 Å². The topological polar surface area (TPSA) is 113 Å². The van der Waals surface area contributed by atoms with Crippen LogP contribution in [0.15, 0.2) is 18.2 Å². The fourth-order valence-corrected chi connectivity index (χ4v) is 5.40. The normalized spacial score (nSPS) is 18.8. The summed E-state index contributed by atoms with van der Waals surface area (Å²) in [5, 5.41) is 14.3. The van der Waals surface area contributed by atoms with E-state index in [0.717, 1.165) is 23.1 Å². The van der Waals surface area contributed by atoms with Crippen LogP contribution in [-0.4, -0.2) is 83.6 Å². The third-order valence-corrected chi connectivity index (χ3v) is 7.24. The molecule has 2 aromatic heterocycles. The lowest BCUT2D eigenvalue weighted by molar-refractivity contribution is 0.122. The lowest BCUT2D eigenvalue weighted by Gasteiger charge is -2.32. The molecular formula is C22H25ClN6O4S. The van der Waals surface area contributed by atoms with Crippen molar-refractivity contribution in [2.24, 2.45) is 0 Å². The lowest BCUT2D eigenvalue weighted by Crippen LogP contribution is -2.44. The van der Waals surface area contributed by atoms with E-state index < -0.39 is 6.09 Å². The Bertz CT molecular complexity index is 1200. The molecule has 0 radical (unpaired) electrons. The summed E-state index contributed by atoms with van der Waals surface area (Å²) in [4.78, 5) is 29.4. The largest absolute Gasteiger partial charge is 0.480 e. The van der Waals surface area contributed by atoms with Crippen molar-refractivity contribution in [1.29, 1.82) is 0 Å². The number of hydrogen-bond acceptors (Lipinski definition) is 9. The van der Waals surface area contributed by atoms with Crippen LogP contribution in [0, 0.1) is 0 Å². The molecule has 1 unspecified atom stereocenters. The first kappa shape index (κ1) is 22.9. The van der Waals surface area contributed by atoms with Gasteiger partial charge in [-0.2, -0.15) is 9.97 Å². The van der Waals surface area contributed by atoms with Crippen LogP contribution in [-0.2, 0) is 4.74 Å². The first-order valence-corrected chi connectivity index (χ1v) is 12.3. The first-order chi connectivity index (χ1) is 16.5. The maximum atomic E-state index is 11.5. The number of morpholine rings is 1. The smallest absolute Gasteiger partial charge is 0.407 e. The van der Waals surface area contributed by atoms with E-state index in [1.165, 1.54) is 16.2 Å². The van der Waals surface area contributed by atoms with E-state index in [2.05, 4.69) is 10.2 Å². The Morgan fingerprint density at radius 1 is 1.26 bits per heavy atom. The van der Waals surface area contributed by atoms with Gasteiger partial charge in [0, 0.05) is 37.2 Å². The van der Waals surface area contributed by atoms with Crippen LogP contribution in [0.1, 0.15) is 12.8 Å². The van der Waals surface area contributed by atoms with Crippen LogP contribution < -0.4 is 15.0 Å². The van der Waals surface area contributed by atoms with Crippen LogP contribution in [0.2, 0.25) is 5.02 Å². The maximum Gasteiger partial charge on any atom is 0.407 e. The van der Waals surface area contributed by atoms with Crippen LogP contribution in [0.3, 0.4) is 0 Å². The zero-order valence-corrected chi connectivity index (χ0v) is 20.2. The third-order valence-electron chi connectivity index (χ3n) is 5.95. The van der Waals surface area contributed by atoms with Crippen molar-refractivity contribution in [2.45, 2.75) is 18.9 Å². The Morgan fingerprint density at radius 3 is 2.85 bits per heavy atom. The average molecular weight is 505 g/mol. The SMILES string of the molecule is COc1nc(N2CCOCC2)nc(NC2CCCN(C(=O)O)C2)c1-c1nc2cc(Cl)ccc2s1. The van der Waals surface area contributed by atoms with Crippen molar-refractivity contribution < 1.29 is 19.4 Å². The number of benzene rings is 1. The summed E-state index contributed by atoms with van der Waals surface area (Å²) in [6, 6.07) is 5.51. The highest BCUT2D eigenvalue weighted by Crippen LogP contribution is 2.41. The molecule has 180 valence electrons. The molecule has 5 rings (SSSR count). The molecule has 12 heteroatoms. The Labute approximate surface area is 205 Å². The Balaban J connectivity index is 1.58. The van der Waals surface area contributed by atoms with Gasteiger partial charge in [0.1, 0.15) is 16.4 Å². The standard InChI is InChI=1S/C22H25ClN6O4S/c1-32-19-17(20-25-15-11-13(23)4-5-16(15)34-20)18(24-14-3-2-6-29(12-14)22(30)31)26-21(27-19)28-7-9-33-10-8-28/h4-5,11,14H,2-3,6-10,12H2,1H3,(H,30,31)(H,24,26,27). The molecule has 0 aliphatic carbocycles. The molecule has 0 spiro atoms. The maximum absolute atomic E-state index is 11.5. The van der Waals surface area contributed by atoms with E-state index in [-0.39, 0.29) is 6.04 Å². The minimum atomic E-state index is -0.913. The number of halogens is 1. The fraction of sp³-hybridized carbons (Fsp3) is 0.455. The molecule has 2 fully saturated rings. The number of likely N-dealkylation sites (tertiary alicyclic amines) is 1. The van der Waals surface area contributed by atoms with Crippen molar-refractivity contribution in [3.05, 3.63) is 23.2 Å². The van der Waals surface area contributed by atoms with Gasteiger partial charge in [-0.25, -0.2) is 9.78 Å². The van der Waals surface area contributed by atoms with Crippen molar-refractivity contribution >= 4 is 51.0 Å². The van der Waals surface area contributed by atoms with E-state index in [1.54, 1.807) is 7.11 Å². The highest BCUT2D eigenvalue weighted by molar-refractivity contribution is 7.21. The van der Waals surface area contributed by atoms with Crippen LogP contribution in [0.4, 0.5) is 16.6 Å². The van der Waals surface area contributed by atoms with Gasteiger partial charge in [0.05, 0.1) is 30.5 Å². The van der Waals surface area contributed by atoms with Gasteiger partial charge in [-0.15, -0.1) is 11.3 Å². The molecular weight excluding hydrogens is 480 g/mol. The van der Waals surface area contributed by atoms with Gasteiger partial charge in [-0.05, 0) is 31.0 Å². The average Bonchev–Trinajstić information content (AvgIpc) is 3.26. The number of nitrogens with zero attached hydrogens (tertiary/aromatic N) is 5. The number of carbonyl (C=O) groups is 1. The van der Waals surface area contributed by atoms with Crippen LogP contribution >= 0.6 is 22.9 Å². The number of ether oxygens (including phenoxy) is 2. The summed E-state index contributed by atoms with van der Waals surface area (Å²) in [6.45, 7) is 3.47. The summed E-state index contributed by atoms with van der Waals surface area (Å²) in [7, 11) is 1.58. The number of nitrogens with one attached hydrogen (secondary N) is 1. The van der Waals surface area contributed by atoms with E-state index >= 15 is 0 Å². The lowest BCUT2D eigenvalue weighted by atomic mass is 10.1. The monoisotopic (exact) mass is 504 g/mol. The molecule has 2 saturated heterocycles. The molecule has 4 heterocycles. The number of anilines is 2. The number of aromatic nitrogens is 3. The summed E-state index contributed by atoms with van der Waals surface area (Å²) >= 11 is 7.68. The minimum absolute atomic E-state index is 0.0930. The predicted octanol–water partition coefficient (Wildman–Crippen LogP) is 3.81. The van der Waals surface area contributed by atoms with Gasteiger partial charge < -0.3 is 29.7 Å². The molecule has 1 atom stereocenters. The van der Waals surface area contributed by atoms with Crippen molar-refractivity contribution in [2.75, 3.05) is 56.7 Å². The number of thiazole rings is 1. The highest BCUT2D eigenvalue weighted by atomic mass is 35.5. The molecule has 1 aromatic carbocycles. The number of rotatable bonds is 5. The zero-order chi connectivity index (χ0) is 23.7. The molecule has 2 aliphatic heterocycles. The van der Waals surface area contributed by atoms with Gasteiger partial charge in [-0.1, -0.05) is 11.6 Å². The van der Waals surface area contributed by atoms with Crippen LogP contribution in [0.25, 0.3) is 20.8 Å². The Kier molecular flexibility index (Phi) is 6.57. The van der Waals surface area contributed by atoms with Gasteiger partial charge in [0.25, 0.3) is 0 Å². The van der Waals surface area contributed by atoms with E-state index in [9.17, 15) is 9.90 Å². The minimum Gasteiger partial charge on any atom is -0.480 e. The summed E-state index contributed by atoms with van der Waals surface area (Å²) in [6.07, 6.45) is 0.694. The molecule has 1 amide bonds. The molecule has 0 saturated carbocycles. The number of amides is 1. The number of piperidine rings is 1. The highest BCUT2D eigenvalue weighted by Gasteiger charge is 2.28. The quantitative estimate of drug-likeness (QED) is 0.535. The van der Waals surface area contributed by atoms with Crippen molar-refractivity contribution in [3.8, 4) is 16.5 Å². The molecule has 10 nitrogen and oxygen atoms in total. The van der Waals surface area contributed by atoms with E-state index in [0.29, 0.717) is 72.6 Å². The Morgan fingerprint density at radius 2 is 2.09 bits per heavy atom. The number of methoxy groups -OCH3 is 1. The number of hydrogen-bond donors (Lipinski definition) is 2. The van der Waals surface area contributed by atoms with Gasteiger partial charge in [0.2, 0.25) is 11.8 Å². The van der Waals surface area contributed by atoms with Crippen molar-refractivity contribution in [1.82, 2.24) is 19.9 Å². The number of carboxylic acid groups (broad SMARTS) is 1. The molecule has 3 aromatic rings. The van der Waals surface area contributed by atoms with Gasteiger partial charge in [0.15, 0.2) is 0 Å². The third kappa shape index (κ3) is 4.68. The summed E-state index contributed by atoms with van der Waals surface area (Å²) < 4.78 is 12.2. The summed E-state index contributed by atoms with van der Waals surface area (Å²) in [5.41, 5.74) is 1.44. The molecule has 2 aliphatic rings. The van der Waals surface area contributed by atoms with Crippen LogP contribution in [0.5, 0.6) is 5.88 Å². The number of fused-ring (bicyclic) bond motifs is 1. The molecule has 34 heavy (non-hydrogen) atoms. The molecule has 2 N–H and O–H groups in total. The zero-order valence-electron chi connectivity index (χ0n) is 18.7. The Hall–Kier alpha value is -2.89. The fourth-order valence-electron chi connectivity index (χ4n) is 4.25.